The van der Waals surface area contributed by atoms with Gasteiger partial charge in [0.1, 0.15) is 0 Å². The van der Waals surface area contributed by atoms with Gasteiger partial charge in [0, 0.05) is 12.5 Å². The molecule has 0 fully saturated rings. The molecule has 0 saturated heterocycles. The van der Waals surface area contributed by atoms with E-state index in [1.54, 1.807) is 0 Å². The molecule has 0 heterocycles. The molecule has 0 aromatic heterocycles. The van der Waals surface area contributed by atoms with Gasteiger partial charge < -0.3 is 9.47 Å². The molecule has 0 aromatic carbocycles. The van der Waals surface area contributed by atoms with E-state index in [0.717, 1.165) is 26.2 Å². The zero-order valence-corrected chi connectivity index (χ0v) is 10.4. The van der Waals surface area contributed by atoms with Crippen molar-refractivity contribution in [2.45, 2.75) is 53.1 Å². The van der Waals surface area contributed by atoms with Crippen LogP contribution < -0.4 is 0 Å². The second-order valence-corrected chi connectivity index (χ2v) is 4.96. The van der Waals surface area contributed by atoms with Gasteiger partial charge >= 0.3 is 0 Å². The molecule has 0 aliphatic rings. The van der Waals surface area contributed by atoms with Gasteiger partial charge in [0.25, 0.3) is 0 Å². The van der Waals surface area contributed by atoms with E-state index in [4.69, 9.17) is 9.47 Å². The fraction of sp³-hybridized carbons (Fsp3) is 1.00. The summed E-state index contributed by atoms with van der Waals surface area (Å²) >= 11 is 0. The van der Waals surface area contributed by atoms with Crippen LogP contribution in [0.3, 0.4) is 0 Å². The van der Waals surface area contributed by atoms with Gasteiger partial charge in [0.15, 0.2) is 0 Å². The average Bonchev–Trinajstić information content (AvgIpc) is 2.08. The summed E-state index contributed by atoms with van der Waals surface area (Å²) in [7, 11) is 0. The maximum Gasteiger partial charge on any atom is 0.0598 e. The molecule has 0 aliphatic heterocycles. The molecule has 0 rings (SSSR count). The molecule has 0 aliphatic carbocycles. The van der Waals surface area contributed by atoms with Crippen LogP contribution >= 0.6 is 0 Å². The Hall–Kier alpha value is -0.0800. The number of hydrogen-bond donors (Lipinski definition) is 0. The fourth-order valence-corrected chi connectivity index (χ4v) is 0.971. The van der Waals surface area contributed by atoms with Gasteiger partial charge in [-0.15, -0.1) is 0 Å². The minimum Gasteiger partial charge on any atom is -0.381 e. The van der Waals surface area contributed by atoms with Crippen LogP contribution in [0.5, 0.6) is 0 Å². The lowest BCUT2D eigenvalue weighted by Crippen LogP contribution is -2.24. The molecule has 0 aromatic rings. The van der Waals surface area contributed by atoms with Crippen molar-refractivity contribution in [2.75, 3.05) is 19.8 Å². The second-order valence-electron chi connectivity index (χ2n) is 4.96. The van der Waals surface area contributed by atoms with Crippen LogP contribution in [-0.4, -0.2) is 25.4 Å². The molecule has 14 heavy (non-hydrogen) atoms. The van der Waals surface area contributed by atoms with Crippen molar-refractivity contribution in [3.05, 3.63) is 0 Å². The highest BCUT2D eigenvalue weighted by molar-refractivity contribution is 4.60. The van der Waals surface area contributed by atoms with Crippen molar-refractivity contribution < 1.29 is 9.47 Å². The van der Waals surface area contributed by atoms with Crippen LogP contribution in [0.2, 0.25) is 0 Å². The van der Waals surface area contributed by atoms with Crippen LogP contribution in [0, 0.1) is 5.92 Å². The van der Waals surface area contributed by atoms with E-state index in [1.165, 1.54) is 6.42 Å². The maximum absolute atomic E-state index is 5.67. The summed E-state index contributed by atoms with van der Waals surface area (Å²) < 4.78 is 11.2. The molecule has 2 heteroatoms. The summed E-state index contributed by atoms with van der Waals surface area (Å²) in [5, 5.41) is 0. The van der Waals surface area contributed by atoms with Crippen LogP contribution in [0.1, 0.15) is 47.5 Å². The molecule has 0 unspecified atom stereocenters. The Morgan fingerprint density at radius 1 is 1.14 bits per heavy atom. The first-order valence-corrected chi connectivity index (χ1v) is 5.67. The van der Waals surface area contributed by atoms with Gasteiger partial charge in [-0.3, -0.25) is 0 Å². The minimum absolute atomic E-state index is 0.0301. The molecular weight excluding hydrogens is 176 g/mol. The van der Waals surface area contributed by atoms with E-state index in [-0.39, 0.29) is 5.60 Å². The normalized spacial score (nSPS) is 14.4. The maximum atomic E-state index is 5.67. The van der Waals surface area contributed by atoms with Crippen LogP contribution in [-0.2, 0) is 9.47 Å². The van der Waals surface area contributed by atoms with Gasteiger partial charge in [0.05, 0.1) is 18.8 Å². The Labute approximate surface area is 89.0 Å². The third-order valence-corrected chi connectivity index (χ3v) is 1.85. The fourth-order valence-electron chi connectivity index (χ4n) is 0.971. The lowest BCUT2D eigenvalue weighted by molar-refractivity contribution is -0.0353. The number of rotatable bonds is 7. The first-order chi connectivity index (χ1) is 6.45. The predicted molar refractivity (Wildman–Crippen MR) is 60.6 cm³/mol. The molecule has 0 amide bonds. The SMILES string of the molecule is CCCCOC[C@H](C)COC(C)(C)C. The number of ether oxygens (including phenoxy) is 2. The van der Waals surface area contributed by atoms with Gasteiger partial charge in [-0.2, -0.15) is 0 Å². The van der Waals surface area contributed by atoms with Gasteiger partial charge in [-0.1, -0.05) is 20.3 Å². The molecule has 1 atom stereocenters. The monoisotopic (exact) mass is 202 g/mol. The Morgan fingerprint density at radius 2 is 1.79 bits per heavy atom. The van der Waals surface area contributed by atoms with Gasteiger partial charge in [0.2, 0.25) is 0 Å². The Balaban J connectivity index is 3.32. The Kier molecular flexibility index (Phi) is 7.20. The van der Waals surface area contributed by atoms with E-state index >= 15 is 0 Å². The van der Waals surface area contributed by atoms with Gasteiger partial charge in [-0.25, -0.2) is 0 Å². The summed E-state index contributed by atoms with van der Waals surface area (Å²) in [6.45, 7) is 13.1. The van der Waals surface area contributed by atoms with Crippen LogP contribution in [0.25, 0.3) is 0 Å². The van der Waals surface area contributed by atoms with E-state index in [0.29, 0.717) is 5.92 Å². The predicted octanol–water partition coefficient (Wildman–Crippen LogP) is 3.25. The highest BCUT2D eigenvalue weighted by Crippen LogP contribution is 2.09. The van der Waals surface area contributed by atoms with E-state index in [1.807, 2.05) is 0 Å². The standard InChI is InChI=1S/C12H26O2/c1-6-7-8-13-9-11(2)10-14-12(3,4)5/h11H,6-10H2,1-5H3/t11-/m0/s1. The van der Waals surface area contributed by atoms with Crippen LogP contribution in [0.15, 0.2) is 0 Å². The third-order valence-electron chi connectivity index (χ3n) is 1.85. The molecule has 86 valence electrons. The van der Waals surface area contributed by atoms with Crippen molar-refractivity contribution >= 4 is 0 Å². The highest BCUT2D eigenvalue weighted by atomic mass is 16.5. The van der Waals surface area contributed by atoms with Crippen molar-refractivity contribution in [3.63, 3.8) is 0 Å². The zero-order chi connectivity index (χ0) is 11.0. The van der Waals surface area contributed by atoms with E-state index in [2.05, 4.69) is 34.6 Å². The quantitative estimate of drug-likeness (QED) is 0.590. The first kappa shape index (κ1) is 13.9. The summed E-state index contributed by atoms with van der Waals surface area (Å²) in [5.41, 5.74) is -0.0301. The summed E-state index contributed by atoms with van der Waals surface area (Å²) in [5.74, 6) is 0.492. The molecule has 0 N–H and O–H groups in total. The van der Waals surface area contributed by atoms with E-state index in [9.17, 15) is 0 Å². The topological polar surface area (TPSA) is 18.5 Å². The lowest BCUT2D eigenvalue weighted by Gasteiger charge is -2.22. The van der Waals surface area contributed by atoms with E-state index < -0.39 is 0 Å². The first-order valence-electron chi connectivity index (χ1n) is 5.67. The summed E-state index contributed by atoms with van der Waals surface area (Å²) in [6.07, 6.45) is 2.36. The highest BCUT2D eigenvalue weighted by Gasteiger charge is 2.12. The number of hydrogen-bond acceptors (Lipinski definition) is 2. The Bertz CT molecular complexity index is 127. The number of unbranched alkanes of at least 4 members (excludes halogenated alkanes) is 1. The average molecular weight is 202 g/mol. The molecule has 0 saturated carbocycles. The van der Waals surface area contributed by atoms with Crippen molar-refractivity contribution in [2.24, 2.45) is 5.92 Å². The Morgan fingerprint density at radius 3 is 2.29 bits per heavy atom. The molecule has 2 nitrogen and oxygen atoms in total. The van der Waals surface area contributed by atoms with Crippen molar-refractivity contribution in [1.29, 1.82) is 0 Å². The molecule has 0 spiro atoms. The summed E-state index contributed by atoms with van der Waals surface area (Å²) in [4.78, 5) is 0. The minimum atomic E-state index is -0.0301. The second kappa shape index (κ2) is 7.24. The molecule has 0 bridgehead atoms. The summed E-state index contributed by atoms with van der Waals surface area (Å²) in [6, 6.07) is 0. The third kappa shape index (κ3) is 10.0. The smallest absolute Gasteiger partial charge is 0.0598 e. The lowest BCUT2D eigenvalue weighted by atomic mass is 10.1. The van der Waals surface area contributed by atoms with Crippen molar-refractivity contribution in [3.8, 4) is 0 Å². The molecular formula is C12H26O2. The zero-order valence-electron chi connectivity index (χ0n) is 10.4. The molecule has 0 radical (unpaired) electrons. The van der Waals surface area contributed by atoms with Crippen LogP contribution in [0.4, 0.5) is 0 Å². The van der Waals surface area contributed by atoms with Gasteiger partial charge in [-0.05, 0) is 27.2 Å². The largest absolute Gasteiger partial charge is 0.381 e. The van der Waals surface area contributed by atoms with Crippen molar-refractivity contribution in [1.82, 2.24) is 0 Å².